The lowest BCUT2D eigenvalue weighted by atomic mass is 9.63. The minimum absolute atomic E-state index is 0.101. The Morgan fingerprint density at radius 3 is 2.72 bits per heavy atom. The van der Waals surface area contributed by atoms with Crippen molar-refractivity contribution in [2.75, 3.05) is 5.32 Å². The summed E-state index contributed by atoms with van der Waals surface area (Å²) < 4.78 is 5.55. The zero-order valence-corrected chi connectivity index (χ0v) is 11.5. The monoisotopic (exact) mass is 250 g/mol. The van der Waals surface area contributed by atoms with Crippen molar-refractivity contribution < 1.29 is 4.74 Å². The van der Waals surface area contributed by atoms with Crippen LogP contribution in [0.5, 0.6) is 5.88 Å². The molecule has 1 heterocycles. The lowest BCUT2D eigenvalue weighted by Crippen LogP contribution is -2.61. The Balaban J connectivity index is 2.02. The SMILES string of the molecule is CC(C)Oc1cc(NC2CC(N)C2(C)C)ncn1. The van der Waals surface area contributed by atoms with E-state index >= 15 is 0 Å². The quantitative estimate of drug-likeness (QED) is 0.852. The molecule has 0 aliphatic heterocycles. The van der Waals surface area contributed by atoms with Crippen molar-refractivity contribution in [3.05, 3.63) is 12.4 Å². The normalized spacial score (nSPS) is 25.7. The number of nitrogens with one attached hydrogen (secondary N) is 1. The highest BCUT2D eigenvalue weighted by Gasteiger charge is 2.46. The Hall–Kier alpha value is -1.36. The Bertz CT molecular complexity index is 419. The third kappa shape index (κ3) is 2.56. The average Bonchev–Trinajstić information content (AvgIpc) is 2.28. The van der Waals surface area contributed by atoms with Gasteiger partial charge >= 0.3 is 0 Å². The summed E-state index contributed by atoms with van der Waals surface area (Å²) in [5.41, 5.74) is 6.10. The number of ether oxygens (including phenoxy) is 1. The van der Waals surface area contributed by atoms with Gasteiger partial charge in [0.2, 0.25) is 5.88 Å². The fraction of sp³-hybridized carbons (Fsp3) is 0.692. The van der Waals surface area contributed by atoms with Crippen LogP contribution in [0.1, 0.15) is 34.1 Å². The fourth-order valence-corrected chi connectivity index (χ4v) is 2.11. The number of nitrogens with two attached hydrogens (primary N) is 1. The smallest absolute Gasteiger partial charge is 0.218 e. The molecule has 0 radical (unpaired) electrons. The molecule has 5 nitrogen and oxygen atoms in total. The number of aromatic nitrogens is 2. The first-order valence-corrected chi connectivity index (χ1v) is 6.40. The molecular weight excluding hydrogens is 228 g/mol. The van der Waals surface area contributed by atoms with Gasteiger partial charge in [0.25, 0.3) is 0 Å². The molecular formula is C13H22N4O. The maximum atomic E-state index is 6.00. The maximum absolute atomic E-state index is 6.00. The molecule has 1 saturated carbocycles. The lowest BCUT2D eigenvalue weighted by Gasteiger charge is -2.50. The molecule has 1 fully saturated rings. The van der Waals surface area contributed by atoms with Crippen molar-refractivity contribution in [1.29, 1.82) is 0 Å². The van der Waals surface area contributed by atoms with Crippen LogP contribution in [0, 0.1) is 5.41 Å². The van der Waals surface area contributed by atoms with Crippen molar-refractivity contribution in [1.82, 2.24) is 9.97 Å². The van der Waals surface area contributed by atoms with Crippen molar-refractivity contribution in [2.45, 2.75) is 52.3 Å². The van der Waals surface area contributed by atoms with Gasteiger partial charge in [-0.05, 0) is 20.3 Å². The van der Waals surface area contributed by atoms with E-state index in [0.29, 0.717) is 11.9 Å². The van der Waals surface area contributed by atoms with Crippen LogP contribution in [0.2, 0.25) is 0 Å². The molecule has 1 aromatic rings. The molecule has 18 heavy (non-hydrogen) atoms. The third-order valence-electron chi connectivity index (χ3n) is 3.66. The lowest BCUT2D eigenvalue weighted by molar-refractivity contribution is 0.117. The van der Waals surface area contributed by atoms with E-state index < -0.39 is 0 Å². The van der Waals surface area contributed by atoms with Gasteiger partial charge < -0.3 is 15.8 Å². The molecule has 2 rings (SSSR count). The molecule has 100 valence electrons. The van der Waals surface area contributed by atoms with Crippen LogP contribution in [0.4, 0.5) is 5.82 Å². The number of hydrogen-bond donors (Lipinski definition) is 2. The molecule has 2 atom stereocenters. The van der Waals surface area contributed by atoms with E-state index in [-0.39, 0.29) is 17.6 Å². The van der Waals surface area contributed by atoms with Gasteiger partial charge in [0.15, 0.2) is 0 Å². The topological polar surface area (TPSA) is 73.1 Å². The summed E-state index contributed by atoms with van der Waals surface area (Å²) in [4.78, 5) is 8.30. The molecule has 3 N–H and O–H groups in total. The number of nitrogens with zero attached hydrogens (tertiary/aromatic N) is 2. The van der Waals surface area contributed by atoms with E-state index in [1.54, 1.807) is 0 Å². The summed E-state index contributed by atoms with van der Waals surface area (Å²) in [6.07, 6.45) is 2.60. The van der Waals surface area contributed by atoms with E-state index in [2.05, 4.69) is 29.1 Å². The second-order valence-electron chi connectivity index (χ2n) is 5.77. The van der Waals surface area contributed by atoms with Crippen molar-refractivity contribution in [3.8, 4) is 5.88 Å². The van der Waals surface area contributed by atoms with Crippen LogP contribution >= 0.6 is 0 Å². The van der Waals surface area contributed by atoms with Gasteiger partial charge in [-0.15, -0.1) is 0 Å². The Morgan fingerprint density at radius 1 is 1.44 bits per heavy atom. The fourth-order valence-electron chi connectivity index (χ4n) is 2.11. The zero-order chi connectivity index (χ0) is 13.3. The summed E-state index contributed by atoms with van der Waals surface area (Å²) in [6, 6.07) is 2.44. The van der Waals surface area contributed by atoms with Gasteiger partial charge in [-0.3, -0.25) is 0 Å². The minimum atomic E-state index is 0.101. The Labute approximate surface area is 108 Å². The second kappa shape index (κ2) is 4.72. The first kappa shape index (κ1) is 13.1. The van der Waals surface area contributed by atoms with Crippen molar-refractivity contribution >= 4 is 5.82 Å². The highest BCUT2D eigenvalue weighted by Crippen LogP contribution is 2.40. The van der Waals surface area contributed by atoms with Gasteiger partial charge in [0, 0.05) is 23.6 Å². The van der Waals surface area contributed by atoms with Gasteiger partial charge in [0.05, 0.1) is 6.10 Å². The van der Waals surface area contributed by atoms with E-state index in [0.717, 1.165) is 12.2 Å². The highest BCUT2D eigenvalue weighted by molar-refractivity contribution is 5.40. The van der Waals surface area contributed by atoms with Crippen LogP contribution in [0.3, 0.4) is 0 Å². The number of hydrogen-bond acceptors (Lipinski definition) is 5. The molecule has 0 aromatic carbocycles. The van der Waals surface area contributed by atoms with Crippen LogP contribution in [0.15, 0.2) is 12.4 Å². The molecule has 1 aromatic heterocycles. The second-order valence-corrected chi connectivity index (χ2v) is 5.77. The Kier molecular flexibility index (Phi) is 3.43. The van der Waals surface area contributed by atoms with E-state index in [1.807, 2.05) is 19.9 Å². The first-order chi connectivity index (χ1) is 8.39. The molecule has 0 saturated heterocycles. The van der Waals surface area contributed by atoms with Crippen molar-refractivity contribution in [3.63, 3.8) is 0 Å². The number of rotatable bonds is 4. The number of anilines is 1. The molecule has 0 amide bonds. The van der Waals surface area contributed by atoms with Gasteiger partial charge in [0.1, 0.15) is 12.1 Å². The molecule has 5 heteroatoms. The summed E-state index contributed by atoms with van der Waals surface area (Å²) in [5.74, 6) is 1.40. The van der Waals surface area contributed by atoms with Crippen LogP contribution < -0.4 is 15.8 Å². The molecule has 2 unspecified atom stereocenters. The van der Waals surface area contributed by atoms with Crippen LogP contribution in [0.25, 0.3) is 0 Å². The van der Waals surface area contributed by atoms with Crippen LogP contribution in [-0.2, 0) is 0 Å². The van der Waals surface area contributed by atoms with Gasteiger partial charge in [-0.2, -0.15) is 0 Å². The first-order valence-electron chi connectivity index (χ1n) is 6.40. The molecule has 0 spiro atoms. The third-order valence-corrected chi connectivity index (χ3v) is 3.66. The molecule has 1 aliphatic carbocycles. The van der Waals surface area contributed by atoms with E-state index in [1.165, 1.54) is 6.33 Å². The van der Waals surface area contributed by atoms with Crippen LogP contribution in [-0.4, -0.2) is 28.2 Å². The van der Waals surface area contributed by atoms with Crippen molar-refractivity contribution in [2.24, 2.45) is 11.1 Å². The summed E-state index contributed by atoms with van der Waals surface area (Å²) in [6.45, 7) is 8.30. The largest absolute Gasteiger partial charge is 0.475 e. The summed E-state index contributed by atoms with van der Waals surface area (Å²) in [5, 5.41) is 3.40. The zero-order valence-electron chi connectivity index (χ0n) is 11.5. The van der Waals surface area contributed by atoms with Gasteiger partial charge in [-0.25, -0.2) is 9.97 Å². The Morgan fingerprint density at radius 2 is 2.17 bits per heavy atom. The average molecular weight is 250 g/mol. The minimum Gasteiger partial charge on any atom is -0.475 e. The predicted molar refractivity (Wildman–Crippen MR) is 71.6 cm³/mol. The molecule has 0 bridgehead atoms. The standard InChI is InChI=1S/C13H22N4O/c1-8(2)18-12-6-11(15-7-16-12)17-10-5-9(14)13(10,3)4/h6-10H,5,14H2,1-4H3,(H,15,16,17). The summed E-state index contributed by atoms with van der Waals surface area (Å²) >= 11 is 0. The van der Waals surface area contributed by atoms with Gasteiger partial charge in [-0.1, -0.05) is 13.8 Å². The van der Waals surface area contributed by atoms with E-state index in [4.69, 9.17) is 10.5 Å². The van der Waals surface area contributed by atoms with E-state index in [9.17, 15) is 0 Å². The summed E-state index contributed by atoms with van der Waals surface area (Å²) in [7, 11) is 0. The predicted octanol–water partition coefficient (Wildman–Crippen LogP) is 1.80. The maximum Gasteiger partial charge on any atom is 0.218 e. The molecule has 1 aliphatic rings. The highest BCUT2D eigenvalue weighted by atomic mass is 16.5.